The summed E-state index contributed by atoms with van der Waals surface area (Å²) in [6, 6.07) is 5.60. The molecule has 2 saturated heterocycles. The minimum absolute atomic E-state index is 0.0223. The maximum atomic E-state index is 13.9. The fraction of sp³-hybridized carbons (Fsp3) is 0.696. The first-order valence-electron chi connectivity index (χ1n) is 11.6. The van der Waals surface area contributed by atoms with Crippen LogP contribution in [0.1, 0.15) is 51.4 Å². The van der Waals surface area contributed by atoms with Gasteiger partial charge in [0.2, 0.25) is 15.9 Å². The van der Waals surface area contributed by atoms with Gasteiger partial charge in [-0.05, 0) is 80.5 Å². The summed E-state index contributed by atoms with van der Waals surface area (Å²) in [6.07, 6.45) is 4.08. The highest BCUT2D eigenvalue weighted by Gasteiger charge is 2.60. The molecule has 1 aromatic rings. The summed E-state index contributed by atoms with van der Waals surface area (Å²) < 4.78 is 29.4. The highest BCUT2D eigenvalue weighted by atomic mass is 35.5. The Balaban J connectivity index is 1.47. The van der Waals surface area contributed by atoms with Gasteiger partial charge in [-0.15, -0.1) is 0 Å². The molecule has 176 valence electrons. The van der Waals surface area contributed by atoms with Crippen LogP contribution in [0.4, 0.5) is 0 Å². The van der Waals surface area contributed by atoms with Crippen molar-refractivity contribution < 1.29 is 23.4 Å². The van der Waals surface area contributed by atoms with Crippen LogP contribution in [0.5, 0.6) is 0 Å². The van der Waals surface area contributed by atoms with Crippen molar-refractivity contribution in [3.8, 4) is 0 Å². The predicted octanol–water partition coefficient (Wildman–Crippen LogP) is 2.40. The van der Waals surface area contributed by atoms with E-state index in [9.17, 15) is 23.4 Å². The maximum Gasteiger partial charge on any atom is 0.243 e. The van der Waals surface area contributed by atoms with Gasteiger partial charge in [0.05, 0.1) is 17.1 Å². The summed E-state index contributed by atoms with van der Waals surface area (Å²) in [5.74, 6) is 0.237. The van der Waals surface area contributed by atoms with Gasteiger partial charge < -0.3 is 15.1 Å². The van der Waals surface area contributed by atoms with Gasteiger partial charge in [0, 0.05) is 36.6 Å². The summed E-state index contributed by atoms with van der Waals surface area (Å²) >= 11 is 6.00. The number of aliphatic hydroxyl groups is 2. The number of likely N-dealkylation sites (tertiary alicyclic amines) is 1. The smallest absolute Gasteiger partial charge is 0.243 e. The zero-order valence-electron chi connectivity index (χ0n) is 18.1. The number of sulfonamides is 1. The van der Waals surface area contributed by atoms with Crippen molar-refractivity contribution in [3.05, 3.63) is 29.3 Å². The first kappa shape index (κ1) is 22.6. The molecule has 0 bridgehead atoms. The number of β-amino-alcohol motifs (C(OH)–C–C–N with tert-alkyl or cyclic N) is 1. The zero-order chi connectivity index (χ0) is 22.7. The number of halogens is 1. The van der Waals surface area contributed by atoms with Crippen molar-refractivity contribution in [2.45, 2.75) is 80.6 Å². The number of benzene rings is 1. The van der Waals surface area contributed by atoms with Gasteiger partial charge in [0.15, 0.2) is 0 Å². The van der Waals surface area contributed by atoms with Crippen LogP contribution in [0.2, 0.25) is 5.02 Å². The van der Waals surface area contributed by atoms with E-state index < -0.39 is 33.7 Å². The van der Waals surface area contributed by atoms with E-state index in [1.165, 1.54) is 0 Å². The SMILES string of the molecule is O=C(CC1([C@H]2C[C@@H](O)C[C@@H](C3CC3)N2S(=O)(=O)c2ccc(Cl)cc2)CC1)N1CC[C@@H](O)C1. The molecule has 7 nitrogen and oxygen atoms in total. The normalized spacial score (nSPS) is 32.8. The van der Waals surface area contributed by atoms with Gasteiger partial charge in [0.1, 0.15) is 0 Å². The summed E-state index contributed by atoms with van der Waals surface area (Å²) in [7, 11) is -3.81. The first-order chi connectivity index (χ1) is 15.2. The van der Waals surface area contributed by atoms with E-state index >= 15 is 0 Å². The Bertz CT molecular complexity index is 977. The molecule has 0 unspecified atom stereocenters. The first-order valence-corrected chi connectivity index (χ1v) is 13.4. The molecule has 0 spiro atoms. The third-order valence-electron chi connectivity index (χ3n) is 7.82. The Morgan fingerprint density at radius 3 is 2.31 bits per heavy atom. The van der Waals surface area contributed by atoms with Crippen LogP contribution in [0, 0.1) is 11.3 Å². The standard InChI is InChI=1S/C23H31ClN2O5S/c24-16-3-5-19(6-4-16)32(30,31)26-20(15-1-2-15)11-18(28)12-21(26)23(8-9-23)13-22(29)25-10-7-17(27)14-25/h3-6,15,17-18,20-21,27-28H,1-2,7-14H2/t17-,18+,20+,21-/m1/s1. The molecule has 4 atom stereocenters. The molecule has 9 heteroatoms. The Morgan fingerprint density at radius 2 is 1.75 bits per heavy atom. The van der Waals surface area contributed by atoms with E-state index in [4.69, 9.17) is 11.6 Å². The van der Waals surface area contributed by atoms with E-state index in [2.05, 4.69) is 0 Å². The summed E-state index contributed by atoms with van der Waals surface area (Å²) in [5.41, 5.74) is -0.446. The number of aliphatic hydroxyl groups excluding tert-OH is 2. The van der Waals surface area contributed by atoms with Crippen LogP contribution in [0.15, 0.2) is 29.2 Å². The Hall–Kier alpha value is -1.19. The lowest BCUT2D eigenvalue weighted by Gasteiger charge is -2.47. The molecular formula is C23H31ClN2O5S. The van der Waals surface area contributed by atoms with Crippen LogP contribution < -0.4 is 0 Å². The summed E-state index contributed by atoms with van der Waals surface area (Å²) in [6.45, 7) is 0.889. The highest BCUT2D eigenvalue weighted by molar-refractivity contribution is 7.89. The molecule has 0 radical (unpaired) electrons. The average Bonchev–Trinajstić information content (AvgIpc) is 3.67. The van der Waals surface area contributed by atoms with Crippen molar-refractivity contribution in [2.75, 3.05) is 13.1 Å². The second-order valence-electron chi connectivity index (χ2n) is 10.2. The molecule has 2 N–H and O–H groups in total. The van der Waals surface area contributed by atoms with Crippen LogP contribution >= 0.6 is 11.6 Å². The molecular weight excluding hydrogens is 452 g/mol. The minimum Gasteiger partial charge on any atom is -0.393 e. The van der Waals surface area contributed by atoms with Crippen molar-refractivity contribution >= 4 is 27.5 Å². The largest absolute Gasteiger partial charge is 0.393 e. The minimum atomic E-state index is -3.81. The van der Waals surface area contributed by atoms with Crippen LogP contribution in [0.25, 0.3) is 0 Å². The fourth-order valence-corrected chi connectivity index (χ4v) is 7.83. The molecule has 1 aromatic carbocycles. The van der Waals surface area contributed by atoms with E-state index in [0.717, 1.165) is 25.7 Å². The summed E-state index contributed by atoms with van der Waals surface area (Å²) in [4.78, 5) is 14.9. The lowest BCUT2D eigenvalue weighted by atomic mass is 9.82. The Morgan fingerprint density at radius 1 is 1.06 bits per heavy atom. The molecule has 2 aliphatic carbocycles. The number of amides is 1. The molecule has 1 amide bonds. The number of hydrogen-bond acceptors (Lipinski definition) is 5. The van der Waals surface area contributed by atoms with Crippen molar-refractivity contribution in [2.24, 2.45) is 11.3 Å². The molecule has 32 heavy (non-hydrogen) atoms. The second kappa shape index (κ2) is 8.24. The van der Waals surface area contributed by atoms with Crippen molar-refractivity contribution in [1.82, 2.24) is 9.21 Å². The third kappa shape index (κ3) is 4.20. The molecule has 4 fully saturated rings. The van der Waals surface area contributed by atoms with Gasteiger partial charge in [-0.25, -0.2) is 8.42 Å². The molecule has 2 heterocycles. The number of piperidine rings is 1. The monoisotopic (exact) mass is 482 g/mol. The Kier molecular flexibility index (Phi) is 5.82. The average molecular weight is 483 g/mol. The van der Waals surface area contributed by atoms with Crippen LogP contribution in [-0.4, -0.2) is 71.1 Å². The predicted molar refractivity (Wildman–Crippen MR) is 120 cm³/mol. The van der Waals surface area contributed by atoms with E-state index in [1.807, 2.05) is 0 Å². The molecule has 4 aliphatic rings. The van der Waals surface area contributed by atoms with Crippen molar-refractivity contribution in [1.29, 1.82) is 0 Å². The number of carbonyl (C=O) groups is 1. The van der Waals surface area contributed by atoms with E-state index in [1.54, 1.807) is 33.5 Å². The maximum absolute atomic E-state index is 13.9. The molecule has 5 rings (SSSR count). The number of rotatable bonds is 6. The molecule has 2 saturated carbocycles. The fourth-order valence-electron chi connectivity index (χ4n) is 5.72. The summed E-state index contributed by atoms with van der Waals surface area (Å²) in [5, 5.41) is 21.0. The molecule has 2 aliphatic heterocycles. The van der Waals surface area contributed by atoms with Gasteiger partial charge in [0.25, 0.3) is 0 Å². The van der Waals surface area contributed by atoms with Gasteiger partial charge >= 0.3 is 0 Å². The van der Waals surface area contributed by atoms with Gasteiger partial charge in [-0.1, -0.05) is 11.6 Å². The zero-order valence-corrected chi connectivity index (χ0v) is 19.6. The van der Waals surface area contributed by atoms with Crippen molar-refractivity contribution in [3.63, 3.8) is 0 Å². The second-order valence-corrected chi connectivity index (χ2v) is 12.4. The van der Waals surface area contributed by atoms with E-state index in [0.29, 0.717) is 37.4 Å². The topological polar surface area (TPSA) is 98.2 Å². The van der Waals surface area contributed by atoms with Gasteiger partial charge in [-0.3, -0.25) is 4.79 Å². The van der Waals surface area contributed by atoms with E-state index in [-0.39, 0.29) is 29.2 Å². The Labute approximate surface area is 194 Å². The molecule has 0 aromatic heterocycles. The number of nitrogens with zero attached hydrogens (tertiary/aromatic N) is 2. The number of hydrogen-bond donors (Lipinski definition) is 2. The quantitative estimate of drug-likeness (QED) is 0.648. The van der Waals surface area contributed by atoms with Gasteiger partial charge in [-0.2, -0.15) is 4.31 Å². The van der Waals surface area contributed by atoms with Crippen LogP contribution in [-0.2, 0) is 14.8 Å². The lowest BCUT2D eigenvalue weighted by Crippen LogP contribution is -2.58. The third-order valence-corrected chi connectivity index (χ3v) is 10.0. The number of carbonyl (C=O) groups excluding carboxylic acids is 1. The highest BCUT2D eigenvalue weighted by Crippen LogP contribution is 2.58. The van der Waals surface area contributed by atoms with Crippen LogP contribution in [0.3, 0.4) is 0 Å². The lowest BCUT2D eigenvalue weighted by molar-refractivity contribution is -0.133.